The number of aryl methyl sites for hydroxylation is 1. The number of hydrogen-bond donors (Lipinski definition) is 1. The smallest absolute Gasteiger partial charge is 0.251 e. The Morgan fingerprint density at radius 3 is 2.61 bits per heavy atom. The SMILES string of the molecule is Cc1ccc(S(=O)(=O)N2CCC3(CC2)O[C@H](C(=O)NCC2CC2)Cn2ccnc23)cc1. The molecule has 1 aliphatic carbocycles. The molecule has 0 radical (unpaired) electrons. The Bertz CT molecular complexity index is 1070. The van der Waals surface area contributed by atoms with E-state index < -0.39 is 21.7 Å². The lowest BCUT2D eigenvalue weighted by Crippen LogP contribution is -2.54. The number of piperidine rings is 1. The average molecular weight is 445 g/mol. The number of ether oxygens (including phenoxy) is 1. The topological polar surface area (TPSA) is 93.5 Å². The van der Waals surface area contributed by atoms with Gasteiger partial charge in [0.15, 0.2) is 6.10 Å². The summed E-state index contributed by atoms with van der Waals surface area (Å²) in [6, 6.07) is 6.92. The van der Waals surface area contributed by atoms with E-state index in [9.17, 15) is 13.2 Å². The third-order valence-electron chi connectivity index (χ3n) is 6.60. The molecule has 1 amide bonds. The van der Waals surface area contributed by atoms with Crippen molar-refractivity contribution >= 4 is 15.9 Å². The molecule has 1 saturated carbocycles. The number of carbonyl (C=O) groups excluding carboxylic acids is 1. The van der Waals surface area contributed by atoms with Crippen LogP contribution in [0.4, 0.5) is 0 Å². The van der Waals surface area contributed by atoms with Gasteiger partial charge in [-0.05, 0) is 50.7 Å². The molecule has 1 spiro atoms. The Morgan fingerprint density at radius 1 is 1.23 bits per heavy atom. The maximum atomic E-state index is 13.1. The highest BCUT2D eigenvalue weighted by Crippen LogP contribution is 2.41. The molecule has 2 fully saturated rings. The molecule has 3 aliphatic rings. The normalized spacial score (nSPS) is 23.5. The fraction of sp³-hybridized carbons (Fsp3) is 0.545. The number of sulfonamides is 1. The van der Waals surface area contributed by atoms with Crippen LogP contribution in [-0.4, -0.2) is 53.9 Å². The molecule has 5 rings (SSSR count). The number of amides is 1. The first kappa shape index (κ1) is 20.7. The quantitative estimate of drug-likeness (QED) is 0.759. The van der Waals surface area contributed by atoms with Crippen molar-refractivity contribution in [2.75, 3.05) is 19.6 Å². The van der Waals surface area contributed by atoms with E-state index in [1.54, 1.807) is 18.3 Å². The number of hydrogen-bond acceptors (Lipinski definition) is 5. The Kier molecular flexibility index (Phi) is 5.15. The van der Waals surface area contributed by atoms with E-state index in [1.165, 1.54) is 17.1 Å². The lowest BCUT2D eigenvalue weighted by atomic mass is 9.89. The van der Waals surface area contributed by atoms with E-state index in [0.717, 1.165) is 11.4 Å². The van der Waals surface area contributed by atoms with E-state index in [1.807, 2.05) is 29.8 Å². The maximum Gasteiger partial charge on any atom is 0.251 e. The number of nitrogens with zero attached hydrogens (tertiary/aromatic N) is 3. The number of benzene rings is 1. The first-order valence-electron chi connectivity index (χ1n) is 10.9. The standard InChI is InChI=1S/C22H28N4O4S/c1-16-2-6-18(7-3-16)31(28,29)26-11-8-22(9-12-26)21-23-10-13-25(21)15-19(30-22)20(27)24-14-17-4-5-17/h2-3,6-7,10,13,17,19H,4-5,8-9,11-12,14-15H2,1H3,(H,24,27)/t19-/m0/s1. The van der Waals surface area contributed by atoms with Crippen LogP contribution in [0.1, 0.15) is 37.1 Å². The zero-order valence-electron chi connectivity index (χ0n) is 17.7. The van der Waals surface area contributed by atoms with Crippen LogP contribution in [-0.2, 0) is 31.7 Å². The summed E-state index contributed by atoms with van der Waals surface area (Å²) < 4.78 is 36.1. The molecule has 1 atom stereocenters. The zero-order chi connectivity index (χ0) is 21.6. The minimum Gasteiger partial charge on any atom is -0.354 e. The summed E-state index contributed by atoms with van der Waals surface area (Å²) in [5.74, 6) is 1.28. The molecule has 9 heteroatoms. The monoisotopic (exact) mass is 444 g/mol. The van der Waals surface area contributed by atoms with E-state index in [0.29, 0.717) is 49.8 Å². The molecule has 8 nitrogen and oxygen atoms in total. The van der Waals surface area contributed by atoms with E-state index in [4.69, 9.17) is 4.74 Å². The van der Waals surface area contributed by atoms with E-state index in [2.05, 4.69) is 10.3 Å². The number of rotatable bonds is 5. The van der Waals surface area contributed by atoms with Gasteiger partial charge in [0.1, 0.15) is 11.4 Å². The highest BCUT2D eigenvalue weighted by atomic mass is 32.2. The second kappa shape index (κ2) is 7.72. The van der Waals surface area contributed by atoms with Crippen LogP contribution in [0.3, 0.4) is 0 Å². The minimum absolute atomic E-state index is 0.0969. The largest absolute Gasteiger partial charge is 0.354 e. The summed E-state index contributed by atoms with van der Waals surface area (Å²) in [4.78, 5) is 17.6. The number of aromatic nitrogens is 2. The van der Waals surface area contributed by atoms with Gasteiger partial charge in [0.2, 0.25) is 10.0 Å². The number of carbonyl (C=O) groups is 1. The van der Waals surface area contributed by atoms with Gasteiger partial charge in [0, 0.05) is 32.0 Å². The Labute approximate surface area is 182 Å². The van der Waals surface area contributed by atoms with Gasteiger partial charge in [-0.15, -0.1) is 0 Å². The molecule has 1 N–H and O–H groups in total. The third-order valence-corrected chi connectivity index (χ3v) is 8.51. The third kappa shape index (κ3) is 3.90. The maximum absolute atomic E-state index is 13.1. The average Bonchev–Trinajstić information content (AvgIpc) is 3.47. The first-order chi connectivity index (χ1) is 14.9. The lowest BCUT2D eigenvalue weighted by molar-refractivity contribution is -0.170. The molecule has 2 aromatic rings. The van der Waals surface area contributed by atoms with Crippen LogP contribution in [0.15, 0.2) is 41.6 Å². The van der Waals surface area contributed by atoms with Crippen LogP contribution in [0, 0.1) is 12.8 Å². The van der Waals surface area contributed by atoms with Crippen LogP contribution in [0.5, 0.6) is 0 Å². The van der Waals surface area contributed by atoms with Crippen molar-refractivity contribution < 1.29 is 17.9 Å². The molecule has 31 heavy (non-hydrogen) atoms. The molecule has 1 aromatic heterocycles. The van der Waals surface area contributed by atoms with Gasteiger partial charge >= 0.3 is 0 Å². The summed E-state index contributed by atoms with van der Waals surface area (Å²) >= 11 is 0. The molecule has 0 bridgehead atoms. The van der Waals surface area contributed by atoms with Crippen molar-refractivity contribution in [2.45, 2.75) is 55.8 Å². The van der Waals surface area contributed by atoms with Crippen molar-refractivity contribution in [3.8, 4) is 0 Å². The van der Waals surface area contributed by atoms with Crippen molar-refractivity contribution in [3.63, 3.8) is 0 Å². The second-order valence-corrected chi connectivity index (χ2v) is 10.8. The van der Waals surface area contributed by atoms with Crippen LogP contribution >= 0.6 is 0 Å². The van der Waals surface area contributed by atoms with Crippen molar-refractivity contribution in [2.24, 2.45) is 5.92 Å². The minimum atomic E-state index is -3.57. The van der Waals surface area contributed by atoms with Gasteiger partial charge in [0.25, 0.3) is 5.91 Å². The molecular formula is C22H28N4O4S. The molecule has 1 aromatic carbocycles. The fourth-order valence-corrected chi connectivity index (χ4v) is 5.94. The van der Waals surface area contributed by atoms with Crippen molar-refractivity contribution in [1.82, 2.24) is 19.2 Å². The predicted octanol–water partition coefficient (Wildman–Crippen LogP) is 1.80. The fourth-order valence-electron chi connectivity index (χ4n) is 4.50. The van der Waals surface area contributed by atoms with Crippen molar-refractivity contribution in [1.29, 1.82) is 0 Å². The molecule has 2 aliphatic heterocycles. The van der Waals surface area contributed by atoms with Gasteiger partial charge in [-0.25, -0.2) is 13.4 Å². The first-order valence-corrected chi connectivity index (χ1v) is 12.4. The summed E-state index contributed by atoms with van der Waals surface area (Å²) in [6.45, 7) is 3.70. The number of imidazole rings is 1. The highest BCUT2D eigenvalue weighted by Gasteiger charge is 2.48. The molecule has 166 valence electrons. The Hall–Kier alpha value is -2.23. The molecular weight excluding hydrogens is 416 g/mol. The van der Waals surface area contributed by atoms with E-state index >= 15 is 0 Å². The number of nitrogens with one attached hydrogen (secondary N) is 1. The molecule has 0 unspecified atom stereocenters. The summed E-state index contributed by atoms with van der Waals surface area (Å²) in [5.41, 5.74) is 0.271. The predicted molar refractivity (Wildman–Crippen MR) is 114 cm³/mol. The van der Waals surface area contributed by atoms with Gasteiger partial charge in [0.05, 0.1) is 11.4 Å². The van der Waals surface area contributed by atoms with Gasteiger partial charge in [-0.1, -0.05) is 17.7 Å². The highest BCUT2D eigenvalue weighted by molar-refractivity contribution is 7.89. The van der Waals surface area contributed by atoms with Crippen LogP contribution < -0.4 is 5.32 Å². The zero-order valence-corrected chi connectivity index (χ0v) is 18.5. The van der Waals surface area contributed by atoms with Crippen LogP contribution in [0.2, 0.25) is 0 Å². The second-order valence-electron chi connectivity index (χ2n) is 8.91. The lowest BCUT2D eigenvalue weighted by Gasteiger charge is -2.45. The molecule has 1 saturated heterocycles. The molecule has 3 heterocycles. The van der Waals surface area contributed by atoms with Crippen LogP contribution in [0.25, 0.3) is 0 Å². The van der Waals surface area contributed by atoms with Gasteiger partial charge in [-0.2, -0.15) is 4.31 Å². The van der Waals surface area contributed by atoms with Gasteiger partial charge < -0.3 is 14.6 Å². The Balaban J connectivity index is 1.33. The number of fused-ring (bicyclic) bond motifs is 2. The summed E-state index contributed by atoms with van der Waals surface area (Å²) in [6.07, 6.45) is 6.26. The van der Waals surface area contributed by atoms with Gasteiger partial charge in [-0.3, -0.25) is 4.79 Å². The summed E-state index contributed by atoms with van der Waals surface area (Å²) in [7, 11) is -3.57. The van der Waals surface area contributed by atoms with E-state index in [-0.39, 0.29) is 5.91 Å². The van der Waals surface area contributed by atoms with Crippen molar-refractivity contribution in [3.05, 3.63) is 48.0 Å². The Morgan fingerprint density at radius 2 is 1.94 bits per heavy atom. The summed E-state index contributed by atoms with van der Waals surface area (Å²) in [5, 5.41) is 3.01.